The molecule has 13 unspecified atom stereocenters. The van der Waals surface area contributed by atoms with Gasteiger partial charge in [0.2, 0.25) is 0 Å². The van der Waals surface area contributed by atoms with Gasteiger partial charge >= 0.3 is 0 Å². The third kappa shape index (κ3) is 9.50. The lowest BCUT2D eigenvalue weighted by atomic mass is 10.1. The summed E-state index contributed by atoms with van der Waals surface area (Å²) in [5, 5.41) is 29.8. The van der Waals surface area contributed by atoms with Crippen LogP contribution in [0.5, 0.6) is 0 Å². The van der Waals surface area contributed by atoms with E-state index in [1.54, 1.807) is 0 Å². The molecule has 0 aromatic heterocycles. The van der Waals surface area contributed by atoms with Crippen molar-refractivity contribution in [1.82, 2.24) is 0 Å². The molecule has 14 heteroatoms. The van der Waals surface area contributed by atoms with Gasteiger partial charge in [0.15, 0.2) is 31.5 Å². The first-order chi connectivity index (χ1) is 21.5. The second-order valence-corrected chi connectivity index (χ2v) is 12.6. The molecule has 6 rings (SSSR count). The third-order valence-electron chi connectivity index (χ3n) is 9.01. The molecule has 0 saturated carbocycles. The fourth-order valence-electron chi connectivity index (χ4n) is 6.54. The zero-order chi connectivity index (χ0) is 30.3. The van der Waals surface area contributed by atoms with Gasteiger partial charge in [-0.15, -0.1) is 0 Å². The second-order valence-electron chi connectivity index (χ2n) is 12.6. The average molecular weight is 635 g/mol. The Morgan fingerprint density at radius 2 is 1.30 bits per heavy atom. The van der Waals surface area contributed by atoms with Crippen LogP contribution in [0.15, 0.2) is 0 Å². The Hall–Kier alpha value is -0.560. The summed E-state index contributed by atoms with van der Waals surface area (Å²) in [7, 11) is 0. The minimum absolute atomic E-state index is 0.0382. The molecule has 44 heavy (non-hydrogen) atoms. The highest BCUT2D eigenvalue weighted by atomic mass is 16.8. The Morgan fingerprint density at radius 3 is 2.02 bits per heavy atom. The van der Waals surface area contributed by atoms with Crippen molar-refractivity contribution in [1.29, 1.82) is 0 Å². The van der Waals surface area contributed by atoms with Crippen LogP contribution in [0.25, 0.3) is 0 Å². The lowest BCUT2D eigenvalue weighted by molar-refractivity contribution is -0.314. The maximum Gasteiger partial charge on any atom is 0.184 e. The van der Waals surface area contributed by atoms with Gasteiger partial charge in [0, 0.05) is 38.7 Å². The van der Waals surface area contributed by atoms with Gasteiger partial charge in [0.25, 0.3) is 0 Å². The maximum atomic E-state index is 10.6. The minimum atomic E-state index is -0.776. The van der Waals surface area contributed by atoms with Gasteiger partial charge in [0.1, 0.15) is 12.2 Å². The quantitative estimate of drug-likeness (QED) is 0.291. The van der Waals surface area contributed by atoms with E-state index in [1.807, 2.05) is 0 Å². The summed E-state index contributed by atoms with van der Waals surface area (Å²) in [5.41, 5.74) is 0. The van der Waals surface area contributed by atoms with Crippen molar-refractivity contribution < 1.29 is 67.4 Å². The van der Waals surface area contributed by atoms with E-state index in [9.17, 15) is 15.3 Å². The van der Waals surface area contributed by atoms with Crippen molar-refractivity contribution in [2.75, 3.05) is 46.2 Å². The summed E-state index contributed by atoms with van der Waals surface area (Å²) in [5.74, 6) is 0. The van der Waals surface area contributed by atoms with Crippen LogP contribution in [-0.4, -0.2) is 142 Å². The lowest BCUT2D eigenvalue weighted by Crippen LogP contribution is -2.50. The molecule has 0 bridgehead atoms. The van der Waals surface area contributed by atoms with Crippen molar-refractivity contribution in [2.45, 2.75) is 144 Å². The third-order valence-corrected chi connectivity index (χ3v) is 9.01. The molecule has 13 atom stereocenters. The molecule has 6 aliphatic heterocycles. The first kappa shape index (κ1) is 33.3. The van der Waals surface area contributed by atoms with Crippen LogP contribution in [0.4, 0.5) is 0 Å². The smallest absolute Gasteiger partial charge is 0.184 e. The highest BCUT2D eigenvalue weighted by Gasteiger charge is 2.41. The first-order valence-electron chi connectivity index (χ1n) is 16.4. The van der Waals surface area contributed by atoms with Crippen LogP contribution in [-0.2, 0) is 52.1 Å². The summed E-state index contributed by atoms with van der Waals surface area (Å²) < 4.78 is 65.6. The number of rotatable bonds is 11. The molecule has 3 N–H and O–H groups in total. The summed E-state index contributed by atoms with van der Waals surface area (Å²) in [6.45, 7) is 2.42. The van der Waals surface area contributed by atoms with E-state index in [2.05, 4.69) is 0 Å². The molecule has 0 aromatic carbocycles. The molecule has 0 radical (unpaired) electrons. The normalized spacial score (nSPS) is 45.8. The van der Waals surface area contributed by atoms with Crippen LogP contribution in [0, 0.1) is 0 Å². The summed E-state index contributed by atoms with van der Waals surface area (Å²) >= 11 is 0. The second kappa shape index (κ2) is 16.5. The van der Waals surface area contributed by atoms with E-state index in [1.165, 1.54) is 0 Å². The Morgan fingerprint density at radius 1 is 0.568 bits per heavy atom. The summed E-state index contributed by atoms with van der Waals surface area (Å²) in [6.07, 6.45) is 1.52. The van der Waals surface area contributed by atoms with E-state index in [0.717, 1.165) is 32.3 Å². The van der Waals surface area contributed by atoms with Crippen LogP contribution in [0.1, 0.15) is 64.2 Å². The number of aliphatic hydroxyl groups excluding tert-OH is 3. The average Bonchev–Trinajstić information content (AvgIpc) is 3.50. The Kier molecular flexibility index (Phi) is 12.5. The highest BCUT2D eigenvalue weighted by molar-refractivity contribution is 4.82. The van der Waals surface area contributed by atoms with Gasteiger partial charge in [-0.2, -0.15) is 0 Å². The summed E-state index contributed by atoms with van der Waals surface area (Å²) in [6, 6.07) is 0. The molecule has 6 heterocycles. The minimum Gasteiger partial charge on any atom is -0.394 e. The number of hydrogen-bond acceptors (Lipinski definition) is 14. The Labute approximate surface area is 258 Å². The maximum absolute atomic E-state index is 10.6. The summed E-state index contributed by atoms with van der Waals surface area (Å²) in [4.78, 5) is 0. The van der Waals surface area contributed by atoms with Gasteiger partial charge < -0.3 is 67.4 Å². The van der Waals surface area contributed by atoms with E-state index in [4.69, 9.17) is 52.1 Å². The largest absolute Gasteiger partial charge is 0.394 e. The highest BCUT2D eigenvalue weighted by Crippen LogP contribution is 2.31. The van der Waals surface area contributed by atoms with Crippen molar-refractivity contribution in [2.24, 2.45) is 0 Å². The lowest BCUT2D eigenvalue weighted by Gasteiger charge is -2.41. The predicted octanol–water partition coefficient (Wildman–Crippen LogP) is 0.708. The fourth-order valence-corrected chi connectivity index (χ4v) is 6.54. The monoisotopic (exact) mass is 634 g/mol. The van der Waals surface area contributed by atoms with Crippen LogP contribution in [0.3, 0.4) is 0 Å². The van der Waals surface area contributed by atoms with E-state index >= 15 is 0 Å². The van der Waals surface area contributed by atoms with E-state index < -0.39 is 43.7 Å². The topological polar surface area (TPSA) is 162 Å². The Bertz CT molecular complexity index is 831. The molecule has 0 spiro atoms. The van der Waals surface area contributed by atoms with Gasteiger partial charge in [0.05, 0.1) is 76.3 Å². The van der Waals surface area contributed by atoms with Crippen LogP contribution < -0.4 is 0 Å². The standard InChI is InChI=1S/C30H50O14/c31-12-19-4-8-28(39-19)43-24-11-29(37-17-25(24)44-27-6-3-18(32)13-35-27)40-21-5-7-26(36-15-21)41-22-10-23(33)30(38-16-22)42-20-2-1-9-34-14-20/h18-33H,1-17H2. The molecule has 14 nitrogen and oxygen atoms in total. The number of ether oxygens (including phenoxy) is 11. The van der Waals surface area contributed by atoms with E-state index in [0.29, 0.717) is 58.3 Å². The van der Waals surface area contributed by atoms with Crippen LogP contribution >= 0.6 is 0 Å². The predicted molar refractivity (Wildman–Crippen MR) is 148 cm³/mol. The zero-order valence-corrected chi connectivity index (χ0v) is 25.4. The van der Waals surface area contributed by atoms with E-state index in [-0.39, 0.29) is 56.4 Å². The molecule has 6 fully saturated rings. The Balaban J connectivity index is 0.925. The van der Waals surface area contributed by atoms with Crippen molar-refractivity contribution in [3.05, 3.63) is 0 Å². The van der Waals surface area contributed by atoms with Gasteiger partial charge in [-0.05, 0) is 32.1 Å². The molecule has 0 aromatic rings. The SMILES string of the molecule is OCC1CCC(OC2CC(OC3CCC(OC4COC(OC5CCCOC5)C(O)C4)OC3)OCC2OC2CCC(O)CO2)O1. The van der Waals surface area contributed by atoms with Gasteiger partial charge in [-0.1, -0.05) is 0 Å². The van der Waals surface area contributed by atoms with Crippen molar-refractivity contribution >= 4 is 0 Å². The van der Waals surface area contributed by atoms with Gasteiger partial charge in [-0.3, -0.25) is 0 Å². The molecule has 254 valence electrons. The van der Waals surface area contributed by atoms with Crippen molar-refractivity contribution in [3.63, 3.8) is 0 Å². The molecule has 6 aliphatic rings. The van der Waals surface area contributed by atoms with Crippen LogP contribution in [0.2, 0.25) is 0 Å². The number of aliphatic hydroxyl groups is 3. The van der Waals surface area contributed by atoms with Crippen molar-refractivity contribution in [3.8, 4) is 0 Å². The zero-order valence-electron chi connectivity index (χ0n) is 25.4. The molecule has 0 amide bonds. The molecular formula is C30H50O14. The number of hydrogen-bond donors (Lipinski definition) is 3. The molecule has 0 aliphatic carbocycles. The van der Waals surface area contributed by atoms with Gasteiger partial charge in [-0.25, -0.2) is 0 Å². The fraction of sp³-hybridized carbons (Fsp3) is 1.00. The first-order valence-corrected chi connectivity index (χ1v) is 16.4. The molecule has 6 saturated heterocycles. The molecular weight excluding hydrogens is 584 g/mol.